The normalized spacial score (nSPS) is 18.0. The van der Waals surface area contributed by atoms with Crippen molar-refractivity contribution in [2.24, 2.45) is 11.7 Å². The van der Waals surface area contributed by atoms with Gasteiger partial charge < -0.3 is 16.0 Å². The summed E-state index contributed by atoms with van der Waals surface area (Å²) in [6.07, 6.45) is 1.05. The van der Waals surface area contributed by atoms with E-state index < -0.39 is 6.04 Å². The molecule has 0 radical (unpaired) electrons. The number of nitrogens with one attached hydrogen (secondary N) is 1. The van der Waals surface area contributed by atoms with Gasteiger partial charge >= 0.3 is 0 Å². The highest BCUT2D eigenvalue weighted by atomic mass is 35.5. The summed E-state index contributed by atoms with van der Waals surface area (Å²) in [4.78, 5) is 14.7. The molecule has 0 aromatic heterocycles. The highest BCUT2D eigenvalue weighted by Crippen LogP contribution is 2.29. The van der Waals surface area contributed by atoms with Crippen molar-refractivity contribution in [3.05, 3.63) is 64.2 Å². The van der Waals surface area contributed by atoms with Crippen LogP contribution in [0.5, 0.6) is 0 Å². The van der Waals surface area contributed by atoms with Crippen LogP contribution in [-0.4, -0.2) is 25.5 Å². The van der Waals surface area contributed by atoms with E-state index in [1.54, 1.807) is 0 Å². The van der Waals surface area contributed by atoms with Crippen molar-refractivity contribution in [3.63, 3.8) is 0 Å². The lowest BCUT2D eigenvalue weighted by atomic mass is 10.0. The summed E-state index contributed by atoms with van der Waals surface area (Å²) in [5, 5.41) is 3.77. The zero-order valence-electron chi connectivity index (χ0n) is 15.3. The van der Waals surface area contributed by atoms with E-state index in [0.717, 1.165) is 35.7 Å². The van der Waals surface area contributed by atoms with Gasteiger partial charge in [-0.25, -0.2) is 0 Å². The Morgan fingerprint density at radius 3 is 2.73 bits per heavy atom. The molecule has 26 heavy (non-hydrogen) atoms. The van der Waals surface area contributed by atoms with Crippen molar-refractivity contribution in [3.8, 4) is 0 Å². The van der Waals surface area contributed by atoms with E-state index in [1.165, 1.54) is 11.3 Å². The maximum absolute atomic E-state index is 12.4. The molecule has 0 saturated carbocycles. The third kappa shape index (κ3) is 4.37. The summed E-state index contributed by atoms with van der Waals surface area (Å²) in [7, 11) is 0. The fourth-order valence-electron chi connectivity index (χ4n) is 3.42. The molecule has 2 unspecified atom stereocenters. The van der Waals surface area contributed by atoms with Crippen molar-refractivity contribution in [1.29, 1.82) is 0 Å². The average molecular weight is 372 g/mol. The van der Waals surface area contributed by atoms with Crippen molar-refractivity contribution < 1.29 is 4.79 Å². The van der Waals surface area contributed by atoms with Crippen LogP contribution in [0.4, 0.5) is 5.69 Å². The Morgan fingerprint density at radius 2 is 2.00 bits per heavy atom. The van der Waals surface area contributed by atoms with Crippen LogP contribution in [-0.2, 0) is 4.79 Å². The number of aryl methyl sites for hydroxylation is 2. The number of halogens is 1. The molecular weight excluding hydrogens is 346 g/mol. The van der Waals surface area contributed by atoms with Gasteiger partial charge in [-0.3, -0.25) is 4.79 Å². The quantitative estimate of drug-likeness (QED) is 0.844. The Bertz CT molecular complexity index is 775. The number of carbonyl (C=O) groups is 1. The predicted octanol–water partition coefficient (Wildman–Crippen LogP) is 3.60. The summed E-state index contributed by atoms with van der Waals surface area (Å²) in [5.41, 5.74) is 10.5. The molecule has 4 nitrogen and oxygen atoms in total. The van der Waals surface area contributed by atoms with Crippen LogP contribution in [0, 0.1) is 19.8 Å². The zero-order chi connectivity index (χ0) is 18.7. The van der Waals surface area contributed by atoms with Crippen LogP contribution in [0.2, 0.25) is 5.02 Å². The van der Waals surface area contributed by atoms with Gasteiger partial charge in [-0.2, -0.15) is 0 Å². The van der Waals surface area contributed by atoms with Crippen LogP contribution in [0.1, 0.15) is 29.2 Å². The number of amides is 1. The smallest absolute Gasteiger partial charge is 0.241 e. The molecule has 0 bridgehead atoms. The lowest BCUT2D eigenvalue weighted by molar-refractivity contribution is -0.122. The Hall–Kier alpha value is -2.04. The van der Waals surface area contributed by atoms with Crippen LogP contribution in [0.25, 0.3) is 0 Å². The molecule has 0 aliphatic carbocycles. The third-order valence-corrected chi connectivity index (χ3v) is 5.32. The van der Waals surface area contributed by atoms with E-state index in [2.05, 4.69) is 17.1 Å². The molecule has 1 aliphatic rings. The first-order chi connectivity index (χ1) is 12.4. The van der Waals surface area contributed by atoms with E-state index in [1.807, 2.05) is 49.4 Å². The maximum atomic E-state index is 12.4. The van der Waals surface area contributed by atoms with Crippen LogP contribution >= 0.6 is 11.6 Å². The first-order valence-corrected chi connectivity index (χ1v) is 9.43. The number of anilines is 1. The summed E-state index contributed by atoms with van der Waals surface area (Å²) in [6.45, 7) is 6.66. The second-order valence-corrected chi connectivity index (χ2v) is 7.60. The molecule has 1 heterocycles. The number of hydrogen-bond donors (Lipinski definition) is 2. The molecule has 1 aliphatic heterocycles. The van der Waals surface area contributed by atoms with Gasteiger partial charge in [0.1, 0.15) is 6.04 Å². The predicted molar refractivity (Wildman–Crippen MR) is 108 cm³/mol. The second kappa shape index (κ2) is 8.11. The molecule has 2 aromatic rings. The molecular formula is C21H26ClN3O. The molecule has 2 aromatic carbocycles. The first kappa shape index (κ1) is 18.7. The number of nitrogens with two attached hydrogens (primary N) is 1. The second-order valence-electron chi connectivity index (χ2n) is 7.17. The molecule has 1 fully saturated rings. The monoisotopic (exact) mass is 371 g/mol. The average Bonchev–Trinajstić information content (AvgIpc) is 3.10. The third-order valence-electron chi connectivity index (χ3n) is 5.08. The number of rotatable bonds is 5. The van der Waals surface area contributed by atoms with Gasteiger partial charge in [-0.15, -0.1) is 0 Å². The Kier molecular flexibility index (Phi) is 5.84. The van der Waals surface area contributed by atoms with Gasteiger partial charge in [-0.1, -0.05) is 47.5 Å². The molecule has 5 heteroatoms. The van der Waals surface area contributed by atoms with Crippen LogP contribution in [0.3, 0.4) is 0 Å². The van der Waals surface area contributed by atoms with Gasteiger partial charge in [0.2, 0.25) is 5.91 Å². The summed E-state index contributed by atoms with van der Waals surface area (Å²) >= 11 is 6.14. The van der Waals surface area contributed by atoms with Crippen LogP contribution < -0.4 is 16.0 Å². The van der Waals surface area contributed by atoms with E-state index >= 15 is 0 Å². The molecule has 1 amide bonds. The highest BCUT2D eigenvalue weighted by molar-refractivity contribution is 6.30. The number of hydrogen-bond acceptors (Lipinski definition) is 3. The fraction of sp³-hybridized carbons (Fsp3) is 0.381. The molecule has 1 saturated heterocycles. The Labute approximate surface area is 160 Å². The van der Waals surface area contributed by atoms with Crippen LogP contribution in [0.15, 0.2) is 42.5 Å². The standard InChI is InChI=1S/C21H26ClN3O/c1-14-3-6-17(7-4-14)20(23)21(26)24-12-16-9-10-25(13-16)19-11-18(22)8-5-15(19)2/h3-8,11,16,20H,9-10,12-13,23H2,1-2H3,(H,24,26). The van der Waals surface area contributed by atoms with Crippen molar-refractivity contribution in [2.75, 3.05) is 24.5 Å². The fourth-order valence-corrected chi connectivity index (χ4v) is 3.59. The topological polar surface area (TPSA) is 58.4 Å². The highest BCUT2D eigenvalue weighted by Gasteiger charge is 2.25. The minimum absolute atomic E-state index is 0.119. The lowest BCUT2D eigenvalue weighted by Crippen LogP contribution is -2.37. The van der Waals surface area contributed by atoms with Gasteiger partial charge in [-0.05, 0) is 49.4 Å². The number of nitrogens with zero attached hydrogens (tertiary/aromatic N) is 1. The SMILES string of the molecule is Cc1ccc(C(N)C(=O)NCC2CCN(c3cc(Cl)ccc3C)C2)cc1. The largest absolute Gasteiger partial charge is 0.371 e. The van der Waals surface area contributed by atoms with Gasteiger partial charge in [0.05, 0.1) is 0 Å². The Balaban J connectivity index is 1.53. The molecule has 138 valence electrons. The molecule has 3 rings (SSSR count). The first-order valence-electron chi connectivity index (χ1n) is 9.05. The zero-order valence-corrected chi connectivity index (χ0v) is 16.1. The Morgan fingerprint density at radius 1 is 1.27 bits per heavy atom. The molecule has 0 spiro atoms. The molecule has 2 atom stereocenters. The van der Waals surface area contributed by atoms with E-state index in [4.69, 9.17) is 17.3 Å². The maximum Gasteiger partial charge on any atom is 0.241 e. The van der Waals surface area contributed by atoms with Gasteiger partial charge in [0.15, 0.2) is 0 Å². The summed E-state index contributed by atoms with van der Waals surface area (Å²) in [6, 6.07) is 13.1. The van der Waals surface area contributed by atoms with E-state index in [9.17, 15) is 4.79 Å². The summed E-state index contributed by atoms with van der Waals surface area (Å²) in [5.74, 6) is 0.300. The minimum Gasteiger partial charge on any atom is -0.371 e. The van der Waals surface area contributed by atoms with Crippen molar-refractivity contribution in [1.82, 2.24) is 5.32 Å². The number of carbonyl (C=O) groups excluding carboxylic acids is 1. The van der Waals surface area contributed by atoms with E-state index in [-0.39, 0.29) is 5.91 Å². The van der Waals surface area contributed by atoms with Gasteiger partial charge in [0.25, 0.3) is 0 Å². The lowest BCUT2D eigenvalue weighted by Gasteiger charge is -2.21. The van der Waals surface area contributed by atoms with Crippen molar-refractivity contribution >= 4 is 23.2 Å². The minimum atomic E-state index is -0.622. The van der Waals surface area contributed by atoms with E-state index in [0.29, 0.717) is 12.5 Å². The van der Waals surface area contributed by atoms with Crippen molar-refractivity contribution in [2.45, 2.75) is 26.3 Å². The number of benzene rings is 2. The van der Waals surface area contributed by atoms with Gasteiger partial charge in [0, 0.05) is 30.3 Å². The summed E-state index contributed by atoms with van der Waals surface area (Å²) < 4.78 is 0. The molecule has 3 N–H and O–H groups in total.